The molecular weight excluding hydrogens is 383 g/mol. The van der Waals surface area contributed by atoms with Crippen molar-refractivity contribution in [3.8, 4) is 5.69 Å². The van der Waals surface area contributed by atoms with Crippen molar-refractivity contribution in [3.05, 3.63) is 89.1 Å². The van der Waals surface area contributed by atoms with Crippen molar-refractivity contribution in [1.29, 1.82) is 0 Å². The summed E-state index contributed by atoms with van der Waals surface area (Å²) in [5, 5.41) is 3.54. The molecule has 148 valence electrons. The lowest BCUT2D eigenvalue weighted by Gasteiger charge is -2.20. The summed E-state index contributed by atoms with van der Waals surface area (Å²) < 4.78 is 15.3. The summed E-state index contributed by atoms with van der Waals surface area (Å²) in [4.78, 5) is 29.8. The minimum atomic E-state index is -0.477. The molecule has 0 amide bonds. The van der Waals surface area contributed by atoms with E-state index in [4.69, 9.17) is 4.98 Å². The van der Waals surface area contributed by atoms with Crippen LogP contribution in [0.25, 0.3) is 27.6 Å². The summed E-state index contributed by atoms with van der Waals surface area (Å²) in [7, 11) is 0. The second-order valence-electron chi connectivity index (χ2n) is 6.93. The van der Waals surface area contributed by atoms with E-state index in [9.17, 15) is 9.18 Å². The van der Waals surface area contributed by atoms with Crippen LogP contribution < -0.4 is 10.9 Å². The highest BCUT2D eigenvalue weighted by molar-refractivity contribution is 5.85. The molecule has 30 heavy (non-hydrogen) atoms. The van der Waals surface area contributed by atoms with E-state index in [0.29, 0.717) is 28.4 Å². The van der Waals surface area contributed by atoms with Crippen LogP contribution in [0.15, 0.2) is 71.9 Å². The van der Waals surface area contributed by atoms with Gasteiger partial charge in [0.2, 0.25) is 0 Å². The number of aromatic amines is 1. The second-order valence-corrected chi connectivity index (χ2v) is 6.93. The van der Waals surface area contributed by atoms with Crippen LogP contribution in [0, 0.1) is 5.82 Å². The predicted molar refractivity (Wildman–Crippen MR) is 113 cm³/mol. The van der Waals surface area contributed by atoms with Gasteiger partial charge < -0.3 is 10.3 Å². The quantitative estimate of drug-likeness (QED) is 0.477. The second kappa shape index (κ2) is 7.07. The van der Waals surface area contributed by atoms with Gasteiger partial charge in [0.15, 0.2) is 5.82 Å². The van der Waals surface area contributed by atoms with E-state index in [1.807, 2.05) is 43.3 Å². The topological polar surface area (TPSA) is 88.5 Å². The van der Waals surface area contributed by atoms with Gasteiger partial charge in [-0.25, -0.2) is 19.3 Å². The molecule has 1 unspecified atom stereocenters. The molecule has 8 heteroatoms. The molecule has 0 aliphatic rings. The van der Waals surface area contributed by atoms with Gasteiger partial charge >= 0.3 is 0 Å². The van der Waals surface area contributed by atoms with Crippen LogP contribution in [0.3, 0.4) is 0 Å². The zero-order chi connectivity index (χ0) is 20.7. The van der Waals surface area contributed by atoms with Gasteiger partial charge in [-0.05, 0) is 43.3 Å². The third kappa shape index (κ3) is 2.98. The molecule has 0 aliphatic carbocycles. The summed E-state index contributed by atoms with van der Waals surface area (Å²) in [5.74, 6) is 0.586. The number of aromatic nitrogens is 5. The molecule has 0 bridgehead atoms. The van der Waals surface area contributed by atoms with E-state index < -0.39 is 5.82 Å². The maximum absolute atomic E-state index is 13.8. The largest absolute Gasteiger partial charge is 0.359 e. The maximum atomic E-state index is 13.8. The number of fused-ring (bicyclic) bond motifs is 2. The standard InChI is InChI=1S/C22H17FN6O/c1-13(27-20-19-18(9-10-24-20)25-12-26-19)21-28-17-8-7-14(23)11-16(17)22(30)29(21)15-5-3-2-4-6-15/h2-13H,1H3,(H,24,27)(H,25,26). The Morgan fingerprint density at radius 1 is 1.10 bits per heavy atom. The number of rotatable bonds is 4. The Morgan fingerprint density at radius 3 is 2.77 bits per heavy atom. The minimum Gasteiger partial charge on any atom is -0.359 e. The van der Waals surface area contributed by atoms with Gasteiger partial charge in [0.25, 0.3) is 5.56 Å². The predicted octanol–water partition coefficient (Wildman–Crippen LogP) is 3.97. The maximum Gasteiger partial charge on any atom is 0.266 e. The van der Waals surface area contributed by atoms with Crippen LogP contribution in [0.4, 0.5) is 10.2 Å². The van der Waals surface area contributed by atoms with Crippen molar-refractivity contribution in [2.24, 2.45) is 0 Å². The lowest BCUT2D eigenvalue weighted by molar-refractivity contribution is 0.629. The number of para-hydroxylation sites is 1. The molecule has 0 aliphatic heterocycles. The van der Waals surface area contributed by atoms with E-state index in [0.717, 1.165) is 5.52 Å². The average molecular weight is 400 g/mol. The average Bonchev–Trinajstić information content (AvgIpc) is 3.24. The first kappa shape index (κ1) is 18.0. The first-order valence-corrected chi connectivity index (χ1v) is 9.44. The zero-order valence-corrected chi connectivity index (χ0v) is 16.0. The molecule has 5 aromatic rings. The highest BCUT2D eigenvalue weighted by Gasteiger charge is 2.19. The van der Waals surface area contributed by atoms with E-state index in [2.05, 4.69) is 20.3 Å². The number of benzene rings is 2. The van der Waals surface area contributed by atoms with Crippen LogP contribution >= 0.6 is 0 Å². The van der Waals surface area contributed by atoms with Crippen LogP contribution in [-0.4, -0.2) is 24.5 Å². The number of halogens is 1. The van der Waals surface area contributed by atoms with Gasteiger partial charge in [-0.1, -0.05) is 18.2 Å². The van der Waals surface area contributed by atoms with Crippen LogP contribution in [0.1, 0.15) is 18.8 Å². The number of anilines is 1. The Kier molecular flexibility index (Phi) is 4.24. The van der Waals surface area contributed by atoms with Gasteiger partial charge in [-0.2, -0.15) is 0 Å². The van der Waals surface area contributed by atoms with Crippen molar-refractivity contribution in [1.82, 2.24) is 24.5 Å². The first-order chi connectivity index (χ1) is 14.6. The first-order valence-electron chi connectivity index (χ1n) is 9.44. The van der Waals surface area contributed by atoms with Crippen molar-refractivity contribution in [2.45, 2.75) is 13.0 Å². The summed E-state index contributed by atoms with van der Waals surface area (Å²) in [5.41, 5.74) is 2.29. The molecule has 0 fully saturated rings. The Balaban J connectivity index is 1.70. The van der Waals surface area contributed by atoms with Gasteiger partial charge in [-0.3, -0.25) is 9.36 Å². The van der Waals surface area contributed by atoms with Crippen molar-refractivity contribution in [2.75, 3.05) is 5.32 Å². The SMILES string of the molecule is CC(Nc1nccc2[nH]cnc12)c1nc2ccc(F)cc2c(=O)n1-c1ccccc1. The molecule has 5 rings (SSSR count). The fraction of sp³-hybridized carbons (Fsp3) is 0.0909. The Morgan fingerprint density at radius 2 is 1.93 bits per heavy atom. The summed E-state index contributed by atoms with van der Waals surface area (Å²) in [6.07, 6.45) is 3.28. The van der Waals surface area contributed by atoms with Crippen molar-refractivity contribution in [3.63, 3.8) is 0 Å². The smallest absolute Gasteiger partial charge is 0.266 e. The van der Waals surface area contributed by atoms with Crippen LogP contribution in [0.5, 0.6) is 0 Å². The number of hydrogen-bond acceptors (Lipinski definition) is 5. The molecule has 3 aromatic heterocycles. The highest BCUT2D eigenvalue weighted by Crippen LogP contribution is 2.24. The molecule has 0 saturated carbocycles. The number of nitrogens with zero attached hydrogens (tertiary/aromatic N) is 4. The molecular formula is C22H17FN6O. The molecule has 0 spiro atoms. The molecule has 3 heterocycles. The minimum absolute atomic E-state index is 0.224. The van der Waals surface area contributed by atoms with Gasteiger partial charge in [0, 0.05) is 6.20 Å². The van der Waals surface area contributed by atoms with Crippen molar-refractivity contribution < 1.29 is 4.39 Å². The van der Waals surface area contributed by atoms with Crippen LogP contribution in [-0.2, 0) is 0 Å². The number of hydrogen-bond donors (Lipinski definition) is 2. The lowest BCUT2D eigenvalue weighted by Crippen LogP contribution is -2.27. The number of pyridine rings is 1. The summed E-state index contributed by atoms with van der Waals surface area (Å²) in [6, 6.07) is 14.7. The Labute approximate surface area is 170 Å². The molecule has 1 atom stereocenters. The monoisotopic (exact) mass is 400 g/mol. The molecule has 2 aromatic carbocycles. The Hall–Kier alpha value is -4.07. The van der Waals surface area contributed by atoms with Crippen LogP contribution in [0.2, 0.25) is 0 Å². The van der Waals surface area contributed by atoms with E-state index in [1.54, 1.807) is 12.5 Å². The van der Waals surface area contributed by atoms with Crippen molar-refractivity contribution >= 4 is 27.8 Å². The van der Waals surface area contributed by atoms with E-state index in [-0.39, 0.29) is 17.0 Å². The lowest BCUT2D eigenvalue weighted by atomic mass is 10.2. The third-order valence-corrected chi connectivity index (χ3v) is 4.95. The molecule has 7 nitrogen and oxygen atoms in total. The molecule has 0 saturated heterocycles. The number of nitrogens with one attached hydrogen (secondary N) is 2. The number of imidazole rings is 1. The van der Waals surface area contributed by atoms with E-state index >= 15 is 0 Å². The number of H-pyrrole nitrogens is 1. The fourth-order valence-corrected chi connectivity index (χ4v) is 3.53. The Bertz CT molecular complexity index is 1430. The highest BCUT2D eigenvalue weighted by atomic mass is 19.1. The molecule has 0 radical (unpaired) electrons. The van der Waals surface area contributed by atoms with Gasteiger partial charge in [-0.15, -0.1) is 0 Å². The summed E-state index contributed by atoms with van der Waals surface area (Å²) >= 11 is 0. The fourth-order valence-electron chi connectivity index (χ4n) is 3.53. The zero-order valence-electron chi connectivity index (χ0n) is 16.0. The molecule has 2 N–H and O–H groups in total. The van der Waals surface area contributed by atoms with Gasteiger partial charge in [0.1, 0.15) is 17.2 Å². The normalized spacial score (nSPS) is 12.3. The summed E-state index contributed by atoms with van der Waals surface area (Å²) in [6.45, 7) is 1.89. The van der Waals surface area contributed by atoms with Gasteiger partial charge in [0.05, 0.1) is 34.5 Å². The third-order valence-electron chi connectivity index (χ3n) is 4.95. The van der Waals surface area contributed by atoms with E-state index in [1.165, 1.54) is 22.8 Å².